The zero-order chi connectivity index (χ0) is 17.4. The van der Waals surface area contributed by atoms with Crippen molar-refractivity contribution in [3.05, 3.63) is 65.7 Å². The van der Waals surface area contributed by atoms with Crippen molar-refractivity contribution in [2.24, 2.45) is 0 Å². The summed E-state index contributed by atoms with van der Waals surface area (Å²) in [4.78, 5) is 12.0. The molecule has 0 aliphatic rings. The van der Waals surface area contributed by atoms with E-state index in [4.69, 9.17) is 4.74 Å². The number of rotatable bonds is 8. The zero-order valence-electron chi connectivity index (χ0n) is 14.2. The molecule has 2 aromatic carbocycles. The van der Waals surface area contributed by atoms with Gasteiger partial charge < -0.3 is 15.2 Å². The summed E-state index contributed by atoms with van der Waals surface area (Å²) in [5, 5.41) is 13.1. The fourth-order valence-electron chi connectivity index (χ4n) is 2.52. The second-order valence-corrected chi connectivity index (χ2v) is 5.75. The molecule has 0 radical (unpaired) electrons. The number of benzene rings is 2. The van der Waals surface area contributed by atoms with Gasteiger partial charge in [-0.05, 0) is 49.9 Å². The van der Waals surface area contributed by atoms with Gasteiger partial charge in [0, 0.05) is 12.3 Å². The minimum atomic E-state index is -0.484. The van der Waals surface area contributed by atoms with Crippen molar-refractivity contribution in [3.63, 3.8) is 0 Å². The summed E-state index contributed by atoms with van der Waals surface area (Å²) in [5.41, 5.74) is 2.75. The first-order valence-electron chi connectivity index (χ1n) is 8.34. The normalized spacial score (nSPS) is 13.3. The lowest BCUT2D eigenvalue weighted by molar-refractivity contribution is -0.126. The maximum Gasteiger partial charge on any atom is 0.253 e. The Morgan fingerprint density at radius 3 is 2.62 bits per heavy atom. The highest BCUT2D eigenvalue weighted by molar-refractivity contribution is 5.93. The molecule has 2 aromatic rings. The number of carbonyl (C=O) groups is 1. The van der Waals surface area contributed by atoms with Gasteiger partial charge in [0.25, 0.3) is 5.91 Å². The van der Waals surface area contributed by atoms with E-state index < -0.39 is 12.2 Å². The lowest BCUT2D eigenvalue weighted by atomic mass is 10.0. The first-order chi connectivity index (χ1) is 11.6. The number of hydrogen-bond acceptors (Lipinski definition) is 3. The van der Waals surface area contributed by atoms with Gasteiger partial charge in [-0.25, -0.2) is 0 Å². The largest absolute Gasteiger partial charge is 0.388 e. The van der Waals surface area contributed by atoms with Crippen molar-refractivity contribution in [1.82, 2.24) is 0 Å². The third kappa shape index (κ3) is 5.48. The lowest BCUT2D eigenvalue weighted by Gasteiger charge is -2.14. The molecule has 0 spiro atoms. The Kier molecular flexibility index (Phi) is 6.97. The Hall–Kier alpha value is -2.17. The molecule has 0 aromatic heterocycles. The van der Waals surface area contributed by atoms with Crippen LogP contribution in [0.2, 0.25) is 0 Å². The number of amides is 1. The van der Waals surface area contributed by atoms with E-state index in [2.05, 4.69) is 5.32 Å². The number of aliphatic hydroxyl groups is 1. The van der Waals surface area contributed by atoms with Gasteiger partial charge in [0.15, 0.2) is 0 Å². The standard InChI is InChI=1S/C20H25NO3/c1-3-24-15(2)20(23)21-18-11-7-8-16(14-18)12-13-19(22)17-9-5-4-6-10-17/h4-11,14-15,19,22H,3,12-13H2,1-2H3,(H,21,23). The summed E-state index contributed by atoms with van der Waals surface area (Å²) < 4.78 is 5.29. The molecule has 0 fully saturated rings. The van der Waals surface area contributed by atoms with Crippen LogP contribution in [0.15, 0.2) is 54.6 Å². The lowest BCUT2D eigenvalue weighted by Crippen LogP contribution is -2.27. The average molecular weight is 327 g/mol. The number of carbonyl (C=O) groups excluding carboxylic acids is 1. The van der Waals surface area contributed by atoms with Crippen LogP contribution < -0.4 is 5.32 Å². The molecule has 0 aliphatic carbocycles. The topological polar surface area (TPSA) is 58.6 Å². The molecule has 4 heteroatoms. The van der Waals surface area contributed by atoms with Crippen LogP contribution in [0.3, 0.4) is 0 Å². The van der Waals surface area contributed by atoms with Gasteiger partial charge in [-0.2, -0.15) is 0 Å². The minimum Gasteiger partial charge on any atom is -0.388 e. The molecule has 0 bridgehead atoms. The maximum absolute atomic E-state index is 12.0. The van der Waals surface area contributed by atoms with Crippen molar-refractivity contribution in [2.45, 2.75) is 38.9 Å². The Bertz CT molecular complexity index is 642. The van der Waals surface area contributed by atoms with Crippen LogP contribution in [0.1, 0.15) is 37.5 Å². The molecule has 0 saturated heterocycles. The molecular formula is C20H25NO3. The molecule has 0 heterocycles. The molecule has 2 unspecified atom stereocenters. The first-order valence-corrected chi connectivity index (χ1v) is 8.34. The van der Waals surface area contributed by atoms with E-state index in [0.29, 0.717) is 13.0 Å². The highest BCUT2D eigenvalue weighted by Gasteiger charge is 2.13. The van der Waals surface area contributed by atoms with Crippen molar-refractivity contribution < 1.29 is 14.6 Å². The summed E-state index contributed by atoms with van der Waals surface area (Å²) in [7, 11) is 0. The van der Waals surface area contributed by atoms with Crippen LogP contribution in [0.5, 0.6) is 0 Å². The SMILES string of the molecule is CCOC(C)C(=O)Nc1cccc(CCC(O)c2ccccc2)c1. The first kappa shape index (κ1) is 18.2. The number of anilines is 1. The predicted octanol–water partition coefficient (Wildman–Crippen LogP) is 3.72. The number of hydrogen-bond donors (Lipinski definition) is 2. The van der Waals surface area contributed by atoms with Crippen molar-refractivity contribution >= 4 is 11.6 Å². The van der Waals surface area contributed by atoms with Crippen LogP contribution in [0.4, 0.5) is 5.69 Å². The van der Waals surface area contributed by atoms with Crippen molar-refractivity contribution in [3.8, 4) is 0 Å². The van der Waals surface area contributed by atoms with E-state index in [-0.39, 0.29) is 5.91 Å². The van der Waals surface area contributed by atoms with Crippen LogP contribution in [0, 0.1) is 0 Å². The van der Waals surface area contributed by atoms with Crippen LogP contribution in [-0.4, -0.2) is 23.7 Å². The zero-order valence-corrected chi connectivity index (χ0v) is 14.2. The minimum absolute atomic E-state index is 0.154. The second-order valence-electron chi connectivity index (χ2n) is 5.75. The van der Waals surface area contributed by atoms with E-state index in [0.717, 1.165) is 23.2 Å². The summed E-state index contributed by atoms with van der Waals surface area (Å²) in [5.74, 6) is -0.154. The predicted molar refractivity (Wildman–Crippen MR) is 95.9 cm³/mol. The highest BCUT2D eigenvalue weighted by atomic mass is 16.5. The molecule has 2 atom stereocenters. The average Bonchev–Trinajstić information content (AvgIpc) is 2.61. The number of aryl methyl sites for hydroxylation is 1. The summed E-state index contributed by atoms with van der Waals surface area (Å²) in [6.45, 7) is 4.10. The number of aliphatic hydroxyl groups excluding tert-OH is 1. The number of ether oxygens (including phenoxy) is 1. The Morgan fingerprint density at radius 1 is 1.17 bits per heavy atom. The van der Waals surface area contributed by atoms with Crippen molar-refractivity contribution in [2.75, 3.05) is 11.9 Å². The molecular weight excluding hydrogens is 302 g/mol. The van der Waals surface area contributed by atoms with Gasteiger partial charge in [0.1, 0.15) is 6.10 Å². The van der Waals surface area contributed by atoms with Gasteiger partial charge in [0.05, 0.1) is 6.10 Å². The van der Waals surface area contributed by atoms with E-state index in [1.807, 2.05) is 61.5 Å². The van der Waals surface area contributed by atoms with Gasteiger partial charge in [-0.15, -0.1) is 0 Å². The monoisotopic (exact) mass is 327 g/mol. The Balaban J connectivity index is 1.92. The smallest absolute Gasteiger partial charge is 0.253 e. The summed E-state index contributed by atoms with van der Waals surface area (Å²) in [6, 6.07) is 17.3. The summed E-state index contributed by atoms with van der Waals surface area (Å²) >= 11 is 0. The molecule has 128 valence electrons. The quantitative estimate of drug-likeness (QED) is 0.777. The van der Waals surface area contributed by atoms with Gasteiger partial charge >= 0.3 is 0 Å². The molecule has 2 N–H and O–H groups in total. The molecule has 2 rings (SSSR count). The molecule has 0 saturated carbocycles. The Morgan fingerprint density at radius 2 is 1.92 bits per heavy atom. The fourth-order valence-corrected chi connectivity index (χ4v) is 2.52. The summed E-state index contributed by atoms with van der Waals surface area (Å²) in [6.07, 6.45) is 0.415. The molecule has 4 nitrogen and oxygen atoms in total. The van der Waals surface area contributed by atoms with E-state index in [9.17, 15) is 9.90 Å². The maximum atomic E-state index is 12.0. The second kappa shape index (κ2) is 9.21. The van der Waals surface area contributed by atoms with E-state index >= 15 is 0 Å². The molecule has 1 amide bonds. The highest BCUT2D eigenvalue weighted by Crippen LogP contribution is 2.20. The van der Waals surface area contributed by atoms with Crippen LogP contribution in [0.25, 0.3) is 0 Å². The van der Waals surface area contributed by atoms with Gasteiger partial charge in [0.2, 0.25) is 0 Å². The van der Waals surface area contributed by atoms with Crippen LogP contribution in [-0.2, 0) is 16.0 Å². The third-order valence-corrected chi connectivity index (χ3v) is 3.87. The number of nitrogens with one attached hydrogen (secondary N) is 1. The molecule has 0 aliphatic heterocycles. The van der Waals surface area contributed by atoms with E-state index in [1.165, 1.54) is 0 Å². The fraction of sp³-hybridized carbons (Fsp3) is 0.350. The van der Waals surface area contributed by atoms with Gasteiger partial charge in [-0.3, -0.25) is 4.79 Å². The van der Waals surface area contributed by atoms with Crippen molar-refractivity contribution in [1.29, 1.82) is 0 Å². The third-order valence-electron chi connectivity index (χ3n) is 3.87. The van der Waals surface area contributed by atoms with Crippen LogP contribution >= 0.6 is 0 Å². The molecule has 24 heavy (non-hydrogen) atoms. The Labute approximate surface area is 143 Å². The van der Waals surface area contributed by atoms with Gasteiger partial charge in [-0.1, -0.05) is 42.5 Å². The van der Waals surface area contributed by atoms with E-state index in [1.54, 1.807) is 6.92 Å².